The molecule has 1 aliphatic rings. The Balaban J connectivity index is 0.000000196. The van der Waals surface area contributed by atoms with Crippen LogP contribution in [0.25, 0.3) is 0 Å². The third kappa shape index (κ3) is 7.42. The summed E-state index contributed by atoms with van der Waals surface area (Å²) < 4.78 is 13.5. The number of nitrogens with zero attached hydrogens (tertiary/aromatic N) is 1. The second-order valence-corrected chi connectivity index (χ2v) is 8.06. The lowest BCUT2D eigenvalue weighted by Gasteiger charge is -2.30. The summed E-state index contributed by atoms with van der Waals surface area (Å²) in [6.07, 6.45) is 1.45. The standard InChI is InChI=1S/C16H16FNO.C11H15N3O/c1-12(11-13-7-3-2-4-8-13)18-16(19)14-9-5-6-10-15(14)17;15-9-13-10-3-1-2-4-11(10)14-7-5-12-6-8-14/h2-10,12H,11H2,1H3,(H,18,19);1-4,9,12H,5-8H2,(H,13,15). The van der Waals surface area contributed by atoms with Crippen LogP contribution in [0, 0.1) is 5.82 Å². The van der Waals surface area contributed by atoms with E-state index in [-0.39, 0.29) is 17.5 Å². The molecule has 0 aromatic heterocycles. The van der Waals surface area contributed by atoms with Gasteiger partial charge in [-0.05, 0) is 43.2 Å². The molecule has 0 saturated carbocycles. The van der Waals surface area contributed by atoms with Crippen LogP contribution in [-0.2, 0) is 11.2 Å². The number of para-hydroxylation sites is 2. The Labute approximate surface area is 200 Å². The average molecular weight is 463 g/mol. The number of rotatable bonds is 7. The van der Waals surface area contributed by atoms with Crippen molar-refractivity contribution in [2.24, 2.45) is 0 Å². The Morgan fingerprint density at radius 3 is 2.35 bits per heavy atom. The summed E-state index contributed by atoms with van der Waals surface area (Å²) in [7, 11) is 0. The fraction of sp³-hybridized carbons (Fsp3) is 0.259. The molecule has 7 heteroatoms. The molecule has 1 saturated heterocycles. The molecule has 34 heavy (non-hydrogen) atoms. The zero-order valence-electron chi connectivity index (χ0n) is 19.3. The van der Waals surface area contributed by atoms with Gasteiger partial charge in [-0.1, -0.05) is 54.6 Å². The highest BCUT2D eigenvalue weighted by molar-refractivity contribution is 5.94. The van der Waals surface area contributed by atoms with E-state index in [2.05, 4.69) is 20.9 Å². The van der Waals surface area contributed by atoms with Gasteiger partial charge < -0.3 is 20.9 Å². The van der Waals surface area contributed by atoms with Gasteiger partial charge in [-0.25, -0.2) is 4.39 Å². The molecule has 2 amide bonds. The average Bonchev–Trinajstić information content (AvgIpc) is 2.86. The van der Waals surface area contributed by atoms with Crippen molar-refractivity contribution in [3.8, 4) is 0 Å². The number of nitrogens with one attached hydrogen (secondary N) is 3. The number of piperazine rings is 1. The van der Waals surface area contributed by atoms with Crippen LogP contribution >= 0.6 is 0 Å². The summed E-state index contributed by atoms with van der Waals surface area (Å²) in [4.78, 5) is 24.7. The summed E-state index contributed by atoms with van der Waals surface area (Å²) in [6.45, 7) is 5.87. The van der Waals surface area contributed by atoms with Gasteiger partial charge in [-0.3, -0.25) is 9.59 Å². The van der Waals surface area contributed by atoms with Crippen LogP contribution in [0.1, 0.15) is 22.8 Å². The van der Waals surface area contributed by atoms with E-state index in [0.29, 0.717) is 0 Å². The smallest absolute Gasteiger partial charge is 0.254 e. The first kappa shape index (κ1) is 24.9. The molecule has 1 unspecified atom stereocenters. The largest absolute Gasteiger partial charge is 0.367 e. The van der Waals surface area contributed by atoms with Gasteiger partial charge in [-0.2, -0.15) is 0 Å². The van der Waals surface area contributed by atoms with Crippen molar-refractivity contribution >= 4 is 23.7 Å². The van der Waals surface area contributed by atoms with Crippen molar-refractivity contribution in [2.45, 2.75) is 19.4 Å². The first-order chi connectivity index (χ1) is 16.6. The lowest BCUT2D eigenvalue weighted by Crippen LogP contribution is -2.43. The van der Waals surface area contributed by atoms with Crippen LogP contribution in [0.4, 0.5) is 15.8 Å². The minimum atomic E-state index is -0.494. The molecule has 1 aliphatic heterocycles. The van der Waals surface area contributed by atoms with Crippen molar-refractivity contribution in [1.82, 2.24) is 10.6 Å². The van der Waals surface area contributed by atoms with E-state index in [0.717, 1.165) is 55.9 Å². The van der Waals surface area contributed by atoms with E-state index in [1.54, 1.807) is 12.1 Å². The summed E-state index contributed by atoms with van der Waals surface area (Å²) in [5.41, 5.74) is 3.21. The quantitative estimate of drug-likeness (QED) is 0.467. The third-order valence-electron chi connectivity index (χ3n) is 5.46. The van der Waals surface area contributed by atoms with Gasteiger partial charge in [0.1, 0.15) is 5.82 Å². The molecule has 1 atom stereocenters. The van der Waals surface area contributed by atoms with E-state index < -0.39 is 5.82 Å². The Morgan fingerprint density at radius 2 is 1.65 bits per heavy atom. The molecular weight excluding hydrogens is 431 g/mol. The van der Waals surface area contributed by atoms with E-state index in [4.69, 9.17) is 0 Å². The van der Waals surface area contributed by atoms with E-state index in [1.165, 1.54) is 12.1 Å². The molecule has 0 aliphatic carbocycles. The van der Waals surface area contributed by atoms with Crippen molar-refractivity contribution < 1.29 is 14.0 Å². The highest BCUT2D eigenvalue weighted by atomic mass is 19.1. The molecular formula is C27H31FN4O2. The molecule has 1 fully saturated rings. The number of anilines is 2. The number of carbonyl (C=O) groups excluding carboxylic acids is 2. The first-order valence-electron chi connectivity index (χ1n) is 11.4. The fourth-order valence-corrected chi connectivity index (χ4v) is 3.81. The number of halogens is 1. The van der Waals surface area contributed by atoms with Gasteiger partial charge in [0.25, 0.3) is 5.91 Å². The van der Waals surface area contributed by atoms with Gasteiger partial charge in [0, 0.05) is 32.2 Å². The summed E-state index contributed by atoms with van der Waals surface area (Å²) in [5, 5.41) is 8.84. The van der Waals surface area contributed by atoms with E-state index in [9.17, 15) is 14.0 Å². The van der Waals surface area contributed by atoms with Crippen LogP contribution in [0.5, 0.6) is 0 Å². The SMILES string of the molecule is CC(Cc1ccccc1)NC(=O)c1ccccc1F.O=CNc1ccccc1N1CCNCC1. The molecule has 6 nitrogen and oxygen atoms in total. The highest BCUT2D eigenvalue weighted by Gasteiger charge is 2.14. The summed E-state index contributed by atoms with van der Waals surface area (Å²) in [6, 6.07) is 23.7. The summed E-state index contributed by atoms with van der Waals surface area (Å²) in [5.74, 6) is -0.867. The van der Waals surface area contributed by atoms with Crippen molar-refractivity contribution in [1.29, 1.82) is 0 Å². The second kappa shape index (κ2) is 13.1. The first-order valence-corrected chi connectivity index (χ1v) is 11.4. The van der Waals surface area contributed by atoms with Gasteiger partial charge in [0.15, 0.2) is 0 Å². The Hall–Kier alpha value is -3.71. The Kier molecular flexibility index (Phi) is 9.61. The molecule has 178 valence electrons. The zero-order valence-corrected chi connectivity index (χ0v) is 19.3. The van der Waals surface area contributed by atoms with Crippen molar-refractivity contribution in [3.05, 3.63) is 95.8 Å². The summed E-state index contributed by atoms with van der Waals surface area (Å²) >= 11 is 0. The fourth-order valence-electron chi connectivity index (χ4n) is 3.81. The number of carbonyl (C=O) groups is 2. The van der Waals surface area contributed by atoms with Gasteiger partial charge >= 0.3 is 0 Å². The van der Waals surface area contributed by atoms with Gasteiger partial charge in [0.2, 0.25) is 6.41 Å². The Morgan fingerprint density at radius 1 is 1.00 bits per heavy atom. The normalized spacial score (nSPS) is 13.8. The lowest BCUT2D eigenvalue weighted by atomic mass is 10.1. The Bertz CT molecular complexity index is 1060. The van der Waals surface area contributed by atoms with Crippen LogP contribution in [0.15, 0.2) is 78.9 Å². The maximum Gasteiger partial charge on any atom is 0.254 e. The van der Waals surface area contributed by atoms with Crippen LogP contribution in [0.2, 0.25) is 0 Å². The molecule has 3 aromatic rings. The van der Waals surface area contributed by atoms with Crippen LogP contribution < -0.4 is 20.9 Å². The maximum atomic E-state index is 13.5. The minimum absolute atomic E-state index is 0.0468. The lowest BCUT2D eigenvalue weighted by molar-refractivity contribution is -0.105. The third-order valence-corrected chi connectivity index (χ3v) is 5.46. The maximum absolute atomic E-state index is 13.5. The van der Waals surface area contributed by atoms with Crippen molar-refractivity contribution in [3.63, 3.8) is 0 Å². The van der Waals surface area contributed by atoms with Gasteiger partial charge in [-0.15, -0.1) is 0 Å². The van der Waals surface area contributed by atoms with Crippen LogP contribution in [0.3, 0.4) is 0 Å². The van der Waals surface area contributed by atoms with Gasteiger partial charge in [0.05, 0.1) is 16.9 Å². The zero-order chi connectivity index (χ0) is 24.2. The van der Waals surface area contributed by atoms with Crippen molar-refractivity contribution in [2.75, 3.05) is 36.4 Å². The molecule has 0 radical (unpaired) electrons. The number of benzene rings is 3. The number of hydrogen-bond acceptors (Lipinski definition) is 4. The molecule has 3 N–H and O–H groups in total. The van der Waals surface area contributed by atoms with E-state index in [1.807, 2.05) is 61.5 Å². The predicted octanol–water partition coefficient (Wildman–Crippen LogP) is 3.85. The highest BCUT2D eigenvalue weighted by Crippen LogP contribution is 2.25. The topological polar surface area (TPSA) is 73.5 Å². The second-order valence-electron chi connectivity index (χ2n) is 8.06. The number of amides is 2. The monoisotopic (exact) mass is 462 g/mol. The molecule has 1 heterocycles. The number of hydrogen-bond donors (Lipinski definition) is 3. The molecule has 0 bridgehead atoms. The minimum Gasteiger partial charge on any atom is -0.367 e. The molecule has 0 spiro atoms. The van der Waals surface area contributed by atoms with E-state index >= 15 is 0 Å². The predicted molar refractivity (Wildman–Crippen MR) is 135 cm³/mol. The molecule has 3 aromatic carbocycles. The molecule has 4 rings (SSSR count). The van der Waals surface area contributed by atoms with Crippen LogP contribution in [-0.4, -0.2) is 44.5 Å².